The van der Waals surface area contributed by atoms with E-state index in [-0.39, 0.29) is 10.5 Å². The number of halogens is 1. The van der Waals surface area contributed by atoms with Crippen molar-refractivity contribution < 1.29 is 13.2 Å². The first-order valence-corrected chi connectivity index (χ1v) is 13.9. The lowest BCUT2D eigenvalue weighted by Gasteiger charge is -2.10. The maximum Gasteiger partial charge on any atom is 0.265 e. The number of aromatic amines is 1. The fraction of sp³-hybridized carbons (Fsp3) is 0.0645. The highest BCUT2D eigenvalue weighted by Crippen LogP contribution is 2.31. The lowest BCUT2D eigenvalue weighted by Crippen LogP contribution is -2.30. The fourth-order valence-electron chi connectivity index (χ4n) is 4.47. The summed E-state index contributed by atoms with van der Waals surface area (Å²) in [5.74, 6) is -0.699. The van der Waals surface area contributed by atoms with Gasteiger partial charge < -0.3 is 4.98 Å². The number of carbonyl (C=O) groups is 1. The number of hydrogen-bond donors (Lipinski definition) is 2. The molecular formula is C31H25ClN2O3S. The van der Waals surface area contributed by atoms with Crippen molar-refractivity contribution in [2.24, 2.45) is 0 Å². The van der Waals surface area contributed by atoms with Crippen LogP contribution in [0.5, 0.6) is 0 Å². The predicted octanol–water partition coefficient (Wildman–Crippen LogP) is 7.15. The lowest BCUT2D eigenvalue weighted by atomic mass is 9.98. The number of carbonyl (C=O) groups excluding carboxylic acids is 1. The number of benzene rings is 4. The van der Waals surface area contributed by atoms with Crippen molar-refractivity contribution in [1.29, 1.82) is 0 Å². The first kappa shape index (κ1) is 25.5. The Bertz CT molecular complexity index is 1770. The third kappa shape index (κ3) is 5.14. The molecule has 5 aromatic rings. The number of sulfonamides is 1. The molecule has 5 nitrogen and oxygen atoms in total. The van der Waals surface area contributed by atoms with E-state index in [9.17, 15) is 13.2 Å². The number of fused-ring (bicyclic) bond motifs is 1. The summed E-state index contributed by atoms with van der Waals surface area (Å²) in [6.07, 6.45) is 2.17. The van der Waals surface area contributed by atoms with Crippen molar-refractivity contribution in [3.05, 3.63) is 131 Å². The van der Waals surface area contributed by atoms with E-state index in [4.69, 9.17) is 11.6 Å². The molecule has 0 aliphatic carbocycles. The summed E-state index contributed by atoms with van der Waals surface area (Å²) >= 11 is 6.68. The van der Waals surface area contributed by atoms with Gasteiger partial charge >= 0.3 is 0 Å². The number of aryl methyl sites for hydroxylation is 1. The minimum atomic E-state index is -4.03. The van der Waals surface area contributed by atoms with E-state index in [0.29, 0.717) is 11.4 Å². The van der Waals surface area contributed by atoms with Gasteiger partial charge in [0.15, 0.2) is 0 Å². The normalized spacial score (nSPS) is 11.4. The lowest BCUT2D eigenvalue weighted by molar-refractivity contribution is 0.0981. The largest absolute Gasteiger partial charge is 0.358 e. The zero-order chi connectivity index (χ0) is 26.9. The monoisotopic (exact) mass is 540 g/mol. The minimum absolute atomic E-state index is 0.00398. The third-order valence-corrected chi connectivity index (χ3v) is 8.26. The van der Waals surface area contributed by atoms with Gasteiger partial charge in [-0.1, -0.05) is 78.9 Å². The molecule has 0 bridgehead atoms. The second kappa shape index (κ2) is 10.3. The summed E-state index contributed by atoms with van der Waals surface area (Å²) in [4.78, 5) is 16.3. The van der Waals surface area contributed by atoms with Crippen LogP contribution in [0.3, 0.4) is 0 Å². The predicted molar refractivity (Wildman–Crippen MR) is 154 cm³/mol. The molecule has 2 N–H and O–H groups in total. The van der Waals surface area contributed by atoms with Crippen LogP contribution in [-0.4, -0.2) is 19.3 Å². The van der Waals surface area contributed by atoms with Crippen molar-refractivity contribution in [2.45, 2.75) is 18.2 Å². The van der Waals surface area contributed by atoms with Crippen molar-refractivity contribution in [3.63, 3.8) is 0 Å². The molecule has 4 aromatic carbocycles. The Hall–Kier alpha value is -4.13. The summed E-state index contributed by atoms with van der Waals surface area (Å²) in [5, 5.41) is 1.49. The molecular weight excluding hydrogens is 516 g/mol. The van der Waals surface area contributed by atoms with Crippen LogP contribution in [0.4, 0.5) is 0 Å². The highest BCUT2D eigenvalue weighted by atomic mass is 35.5. The number of aromatic nitrogens is 1. The zero-order valence-electron chi connectivity index (χ0n) is 20.7. The van der Waals surface area contributed by atoms with Crippen LogP contribution in [-0.2, 0) is 16.4 Å². The van der Waals surface area contributed by atoms with Gasteiger partial charge in [-0.25, -0.2) is 13.1 Å². The summed E-state index contributed by atoms with van der Waals surface area (Å²) < 4.78 is 27.7. The van der Waals surface area contributed by atoms with Crippen LogP contribution >= 0.6 is 11.6 Å². The maximum absolute atomic E-state index is 13.0. The Morgan fingerprint density at radius 3 is 2.37 bits per heavy atom. The Morgan fingerprint density at radius 1 is 0.947 bits per heavy atom. The van der Waals surface area contributed by atoms with Gasteiger partial charge in [0.25, 0.3) is 15.9 Å². The number of H-pyrrole nitrogens is 1. The average Bonchev–Trinajstić information content (AvgIpc) is 3.24. The van der Waals surface area contributed by atoms with Gasteiger partial charge in [0.2, 0.25) is 0 Å². The van der Waals surface area contributed by atoms with Crippen LogP contribution in [0, 0.1) is 6.92 Å². The minimum Gasteiger partial charge on any atom is -0.358 e. The van der Waals surface area contributed by atoms with Crippen LogP contribution in [0.15, 0.2) is 102 Å². The van der Waals surface area contributed by atoms with Crippen molar-refractivity contribution in [1.82, 2.24) is 9.71 Å². The van der Waals surface area contributed by atoms with Crippen molar-refractivity contribution >= 4 is 44.5 Å². The van der Waals surface area contributed by atoms with E-state index < -0.39 is 15.9 Å². The molecule has 0 aliphatic rings. The summed E-state index contributed by atoms with van der Waals surface area (Å²) in [7, 11) is -4.03. The molecule has 5 rings (SSSR count). The molecule has 0 atom stereocenters. The standard InChI is InChI=1S/C31H25ClN2O3S/c1-3-21-9-14-26(15-10-21)38(36,37)34-31(35)25-13-16-30-28(18-25)27(20(2)33-30)17-24-12-11-23(19-29(24)32)22-7-5-4-6-8-22/h3-16,18-19,33H,1,17H2,2H3,(H,34,35). The fourth-order valence-corrected chi connectivity index (χ4v) is 5.69. The molecule has 1 aromatic heterocycles. The molecule has 0 aliphatic heterocycles. The van der Waals surface area contributed by atoms with Gasteiger partial charge in [0.1, 0.15) is 0 Å². The number of hydrogen-bond acceptors (Lipinski definition) is 3. The second-order valence-electron chi connectivity index (χ2n) is 9.05. The molecule has 1 heterocycles. The molecule has 1 amide bonds. The molecule has 0 saturated carbocycles. The molecule has 7 heteroatoms. The average molecular weight is 541 g/mol. The topological polar surface area (TPSA) is 79.0 Å². The van der Waals surface area contributed by atoms with Crippen LogP contribution in [0.2, 0.25) is 5.02 Å². The smallest absolute Gasteiger partial charge is 0.265 e. The van der Waals surface area contributed by atoms with E-state index >= 15 is 0 Å². The number of amides is 1. The second-order valence-corrected chi connectivity index (χ2v) is 11.1. The highest BCUT2D eigenvalue weighted by molar-refractivity contribution is 7.90. The van der Waals surface area contributed by atoms with Gasteiger partial charge in [0.05, 0.1) is 4.90 Å². The van der Waals surface area contributed by atoms with Crippen molar-refractivity contribution in [2.75, 3.05) is 0 Å². The zero-order valence-corrected chi connectivity index (χ0v) is 22.2. The molecule has 0 radical (unpaired) electrons. The molecule has 0 fully saturated rings. The quantitative estimate of drug-likeness (QED) is 0.230. The van der Waals surface area contributed by atoms with Gasteiger partial charge in [-0.2, -0.15) is 0 Å². The van der Waals surface area contributed by atoms with Crippen LogP contribution in [0.25, 0.3) is 28.1 Å². The summed E-state index contributed by atoms with van der Waals surface area (Å²) in [6.45, 7) is 5.63. The highest BCUT2D eigenvalue weighted by Gasteiger charge is 2.20. The van der Waals surface area contributed by atoms with E-state index in [1.807, 2.05) is 55.5 Å². The Morgan fingerprint density at radius 2 is 1.68 bits per heavy atom. The van der Waals surface area contributed by atoms with Crippen LogP contribution in [0.1, 0.15) is 32.7 Å². The van der Waals surface area contributed by atoms with Crippen LogP contribution < -0.4 is 4.72 Å². The van der Waals surface area contributed by atoms with E-state index in [2.05, 4.69) is 16.3 Å². The van der Waals surface area contributed by atoms with E-state index in [1.165, 1.54) is 12.1 Å². The maximum atomic E-state index is 13.0. The van der Waals surface area contributed by atoms with E-state index in [0.717, 1.165) is 44.4 Å². The van der Waals surface area contributed by atoms with Gasteiger partial charge in [-0.05, 0) is 71.1 Å². The molecule has 38 heavy (non-hydrogen) atoms. The molecule has 0 unspecified atom stereocenters. The van der Waals surface area contributed by atoms with Gasteiger partial charge in [0, 0.05) is 33.6 Å². The first-order valence-electron chi connectivity index (χ1n) is 12.0. The van der Waals surface area contributed by atoms with Crippen molar-refractivity contribution in [3.8, 4) is 11.1 Å². The van der Waals surface area contributed by atoms with Gasteiger partial charge in [-0.15, -0.1) is 0 Å². The first-order chi connectivity index (χ1) is 18.2. The third-order valence-electron chi connectivity index (χ3n) is 6.56. The molecule has 0 saturated heterocycles. The molecule has 0 spiro atoms. The number of rotatable bonds is 7. The van der Waals surface area contributed by atoms with E-state index in [1.54, 1.807) is 36.4 Å². The number of nitrogens with one attached hydrogen (secondary N) is 2. The molecule has 190 valence electrons. The Labute approximate surface area is 226 Å². The Kier molecular flexibility index (Phi) is 6.93. The summed E-state index contributed by atoms with van der Waals surface area (Å²) in [5.41, 5.74) is 6.91. The SMILES string of the molecule is C=Cc1ccc(S(=O)(=O)NC(=O)c2ccc3[nH]c(C)c(Cc4ccc(-c5ccccc5)cc4Cl)c3c2)cc1. The van der Waals surface area contributed by atoms with Gasteiger partial charge in [-0.3, -0.25) is 4.79 Å². The Balaban J connectivity index is 1.42. The summed E-state index contributed by atoms with van der Waals surface area (Å²) in [6, 6.07) is 27.3.